The summed E-state index contributed by atoms with van der Waals surface area (Å²) in [6, 6.07) is 9.98. The van der Waals surface area contributed by atoms with E-state index in [0.717, 1.165) is 0 Å². The van der Waals surface area contributed by atoms with Gasteiger partial charge in [-0.15, -0.1) is 0 Å². The number of benzene rings is 2. The minimum atomic E-state index is -0.705. The summed E-state index contributed by atoms with van der Waals surface area (Å²) in [6.07, 6.45) is -0.0284. The molecular formula is C23H26N2O8. The highest BCUT2D eigenvalue weighted by molar-refractivity contribution is 6.01. The number of hydrogen-bond donors (Lipinski definition) is 1. The molecule has 0 aromatic heterocycles. The third-order valence-corrected chi connectivity index (χ3v) is 5.16. The first-order valence-electron chi connectivity index (χ1n) is 10.1. The Balaban J connectivity index is 1.60. The van der Waals surface area contributed by atoms with Gasteiger partial charge in [0, 0.05) is 25.1 Å². The molecule has 33 heavy (non-hydrogen) atoms. The van der Waals surface area contributed by atoms with Crippen molar-refractivity contribution in [3.8, 4) is 23.0 Å². The van der Waals surface area contributed by atoms with Gasteiger partial charge in [0.2, 0.25) is 5.91 Å². The fourth-order valence-corrected chi connectivity index (χ4v) is 3.46. The first kappa shape index (κ1) is 23.7. The maximum Gasteiger partial charge on any atom is 0.311 e. The average molecular weight is 458 g/mol. The SMILES string of the molecule is COc1ccc(OC)c(NC(=O)COC(=O)[C@@H]2CC(=O)N(c3ccc(OC)cc3OC)C2)c1. The van der Waals surface area contributed by atoms with E-state index in [1.807, 2.05) is 0 Å². The van der Waals surface area contributed by atoms with Crippen LogP contribution in [0.5, 0.6) is 23.0 Å². The van der Waals surface area contributed by atoms with Gasteiger partial charge in [-0.2, -0.15) is 0 Å². The Labute approximate surface area is 191 Å². The molecule has 2 aromatic carbocycles. The summed E-state index contributed by atoms with van der Waals surface area (Å²) in [5.41, 5.74) is 0.910. The topological polar surface area (TPSA) is 113 Å². The minimum absolute atomic E-state index is 0.0284. The van der Waals surface area contributed by atoms with Crippen LogP contribution in [0.2, 0.25) is 0 Å². The first-order valence-corrected chi connectivity index (χ1v) is 10.1. The van der Waals surface area contributed by atoms with Gasteiger partial charge in [-0.1, -0.05) is 0 Å². The Kier molecular flexibility index (Phi) is 7.60. The second-order valence-electron chi connectivity index (χ2n) is 7.17. The van der Waals surface area contributed by atoms with Gasteiger partial charge < -0.3 is 33.9 Å². The lowest BCUT2D eigenvalue weighted by Crippen LogP contribution is -2.28. The lowest BCUT2D eigenvalue weighted by atomic mass is 10.1. The Morgan fingerprint density at radius 1 is 0.939 bits per heavy atom. The van der Waals surface area contributed by atoms with E-state index in [2.05, 4.69) is 5.32 Å². The zero-order chi connectivity index (χ0) is 24.0. The number of ether oxygens (including phenoxy) is 5. The molecule has 0 aliphatic carbocycles. The molecule has 2 aromatic rings. The predicted octanol–water partition coefficient (Wildman–Crippen LogP) is 2.26. The summed E-state index contributed by atoms with van der Waals surface area (Å²) < 4.78 is 26.0. The van der Waals surface area contributed by atoms with Crippen LogP contribution in [0, 0.1) is 5.92 Å². The van der Waals surface area contributed by atoms with Gasteiger partial charge in [0.1, 0.15) is 23.0 Å². The molecule has 0 unspecified atom stereocenters. The molecule has 10 heteroatoms. The van der Waals surface area contributed by atoms with Crippen molar-refractivity contribution in [1.29, 1.82) is 0 Å². The Hall–Kier alpha value is -3.95. The molecule has 0 saturated carbocycles. The van der Waals surface area contributed by atoms with Crippen molar-refractivity contribution in [2.75, 3.05) is 51.8 Å². The highest BCUT2D eigenvalue weighted by atomic mass is 16.5. The summed E-state index contributed by atoms with van der Waals surface area (Å²) in [5.74, 6) is -0.142. The van der Waals surface area contributed by atoms with Gasteiger partial charge in [0.25, 0.3) is 5.91 Å². The fourth-order valence-electron chi connectivity index (χ4n) is 3.46. The Bertz CT molecular complexity index is 1040. The van der Waals surface area contributed by atoms with Gasteiger partial charge in [0.15, 0.2) is 6.61 Å². The molecule has 3 rings (SSSR count). The summed E-state index contributed by atoms with van der Waals surface area (Å²) in [6.45, 7) is -0.387. The largest absolute Gasteiger partial charge is 0.497 e. The maximum absolute atomic E-state index is 12.5. The predicted molar refractivity (Wildman–Crippen MR) is 119 cm³/mol. The van der Waals surface area contributed by atoms with Crippen LogP contribution < -0.4 is 29.2 Å². The van der Waals surface area contributed by atoms with Gasteiger partial charge in [0.05, 0.1) is 45.7 Å². The van der Waals surface area contributed by atoms with E-state index >= 15 is 0 Å². The number of anilines is 2. The van der Waals surface area contributed by atoms with Crippen molar-refractivity contribution < 1.29 is 38.1 Å². The highest BCUT2D eigenvalue weighted by Crippen LogP contribution is 2.36. The lowest BCUT2D eigenvalue weighted by Gasteiger charge is -2.20. The number of rotatable bonds is 9. The van der Waals surface area contributed by atoms with Crippen LogP contribution in [0.15, 0.2) is 36.4 Å². The summed E-state index contributed by atoms with van der Waals surface area (Å²) >= 11 is 0. The van der Waals surface area contributed by atoms with E-state index in [4.69, 9.17) is 23.7 Å². The van der Waals surface area contributed by atoms with E-state index in [9.17, 15) is 14.4 Å². The zero-order valence-electron chi connectivity index (χ0n) is 18.9. The molecule has 1 aliphatic heterocycles. The van der Waals surface area contributed by atoms with Gasteiger partial charge in [-0.3, -0.25) is 14.4 Å². The van der Waals surface area contributed by atoms with Gasteiger partial charge >= 0.3 is 5.97 Å². The average Bonchev–Trinajstić information content (AvgIpc) is 3.23. The Morgan fingerprint density at radius 3 is 2.27 bits per heavy atom. The summed E-state index contributed by atoms with van der Waals surface area (Å²) in [7, 11) is 5.99. The smallest absolute Gasteiger partial charge is 0.311 e. The molecule has 1 saturated heterocycles. The van der Waals surface area contributed by atoms with E-state index in [0.29, 0.717) is 34.4 Å². The minimum Gasteiger partial charge on any atom is -0.497 e. The van der Waals surface area contributed by atoms with Crippen LogP contribution >= 0.6 is 0 Å². The van der Waals surface area contributed by atoms with E-state index in [1.165, 1.54) is 33.3 Å². The number of carbonyl (C=O) groups is 3. The van der Waals surface area contributed by atoms with E-state index in [1.54, 1.807) is 36.4 Å². The monoisotopic (exact) mass is 458 g/mol. The molecule has 0 bridgehead atoms. The summed E-state index contributed by atoms with van der Waals surface area (Å²) in [4.78, 5) is 38.8. The van der Waals surface area contributed by atoms with Crippen LogP contribution in [-0.2, 0) is 19.1 Å². The molecule has 10 nitrogen and oxygen atoms in total. The maximum atomic E-state index is 12.5. The number of nitrogens with one attached hydrogen (secondary N) is 1. The second-order valence-corrected chi connectivity index (χ2v) is 7.17. The lowest BCUT2D eigenvalue weighted by molar-refractivity contribution is -0.151. The van der Waals surface area contributed by atoms with Crippen LogP contribution in [0.3, 0.4) is 0 Å². The zero-order valence-corrected chi connectivity index (χ0v) is 18.9. The number of nitrogens with zero attached hydrogens (tertiary/aromatic N) is 1. The van der Waals surface area contributed by atoms with Crippen molar-refractivity contribution in [2.24, 2.45) is 5.92 Å². The van der Waals surface area contributed by atoms with Crippen molar-refractivity contribution in [2.45, 2.75) is 6.42 Å². The third-order valence-electron chi connectivity index (χ3n) is 5.16. The summed E-state index contributed by atoms with van der Waals surface area (Å²) in [5, 5.41) is 2.62. The molecule has 0 radical (unpaired) electrons. The molecular weight excluding hydrogens is 432 g/mol. The van der Waals surface area contributed by atoms with Crippen molar-refractivity contribution in [3.05, 3.63) is 36.4 Å². The normalized spacial score (nSPS) is 15.1. The molecule has 2 amide bonds. The number of amides is 2. The number of esters is 1. The quantitative estimate of drug-likeness (QED) is 0.570. The number of hydrogen-bond acceptors (Lipinski definition) is 8. The standard InChI is InChI=1S/C23H26N2O8/c1-29-15-6-8-19(31-3)17(10-15)24-21(26)13-33-23(28)14-9-22(27)25(12-14)18-7-5-16(30-2)11-20(18)32-4/h5-8,10-11,14H,9,12-13H2,1-4H3,(H,24,26)/t14-/m1/s1. The van der Waals surface area contributed by atoms with Crippen molar-refractivity contribution in [3.63, 3.8) is 0 Å². The molecule has 1 heterocycles. The van der Waals surface area contributed by atoms with Crippen LogP contribution in [-0.4, -0.2) is 59.4 Å². The van der Waals surface area contributed by atoms with Crippen molar-refractivity contribution >= 4 is 29.2 Å². The molecule has 1 N–H and O–H groups in total. The highest BCUT2D eigenvalue weighted by Gasteiger charge is 2.37. The van der Waals surface area contributed by atoms with Gasteiger partial charge in [-0.05, 0) is 24.3 Å². The molecule has 176 valence electrons. The fraction of sp³-hybridized carbons (Fsp3) is 0.348. The molecule has 1 fully saturated rings. The van der Waals surface area contributed by atoms with Crippen molar-refractivity contribution in [1.82, 2.24) is 0 Å². The Morgan fingerprint density at radius 2 is 1.61 bits per heavy atom. The van der Waals surface area contributed by atoms with E-state index < -0.39 is 24.4 Å². The van der Waals surface area contributed by atoms with Crippen LogP contribution in [0.25, 0.3) is 0 Å². The van der Waals surface area contributed by atoms with Gasteiger partial charge in [-0.25, -0.2) is 0 Å². The number of carbonyl (C=O) groups excluding carboxylic acids is 3. The molecule has 0 spiro atoms. The van der Waals surface area contributed by atoms with E-state index in [-0.39, 0.29) is 18.9 Å². The number of methoxy groups -OCH3 is 4. The molecule has 1 aliphatic rings. The van der Waals surface area contributed by atoms with Crippen LogP contribution in [0.4, 0.5) is 11.4 Å². The first-order chi connectivity index (χ1) is 15.9. The molecule has 1 atom stereocenters. The van der Waals surface area contributed by atoms with Crippen LogP contribution in [0.1, 0.15) is 6.42 Å². The third kappa shape index (κ3) is 5.46. The second kappa shape index (κ2) is 10.6.